The monoisotopic (exact) mass is 522 g/mol. The molecule has 0 unspecified atom stereocenters. The van der Waals surface area contributed by atoms with Crippen LogP contribution in [0.5, 0.6) is 5.75 Å². The van der Waals surface area contributed by atoms with Gasteiger partial charge in [0.2, 0.25) is 0 Å². The van der Waals surface area contributed by atoms with Gasteiger partial charge >= 0.3 is 0 Å². The summed E-state index contributed by atoms with van der Waals surface area (Å²) in [6.45, 7) is 3.44. The summed E-state index contributed by atoms with van der Waals surface area (Å²) in [7, 11) is 1.64. The van der Waals surface area contributed by atoms with Crippen molar-refractivity contribution >= 4 is 21.8 Å². The Hall–Kier alpha value is -3.46. The number of aromatic nitrogens is 5. The molecule has 0 saturated heterocycles. The third-order valence-electron chi connectivity index (χ3n) is 5.37. The van der Waals surface area contributed by atoms with Gasteiger partial charge in [0.15, 0.2) is 11.6 Å². The molecule has 8 nitrogen and oxygen atoms in total. The average molecular weight is 523 g/mol. The number of ether oxygens (including phenoxy) is 1. The third kappa shape index (κ3) is 5.72. The molecule has 2 aromatic heterocycles. The summed E-state index contributed by atoms with van der Waals surface area (Å²) in [6, 6.07) is 15.2. The van der Waals surface area contributed by atoms with Gasteiger partial charge in [-0.25, -0.2) is 9.67 Å². The van der Waals surface area contributed by atoms with E-state index in [0.29, 0.717) is 18.5 Å². The first kappa shape index (κ1) is 23.7. The number of hydrogen-bond acceptors (Lipinski definition) is 5. The number of unbranched alkanes of at least 4 members (excludes halogenated alkanes) is 1. The predicted molar refractivity (Wildman–Crippen MR) is 134 cm³/mol. The van der Waals surface area contributed by atoms with E-state index in [4.69, 9.17) is 9.72 Å². The molecule has 4 rings (SSSR count). The van der Waals surface area contributed by atoms with Crippen LogP contribution in [0.4, 0.5) is 0 Å². The minimum Gasteiger partial charge on any atom is -0.497 e. The number of hydrogen-bond donors (Lipinski definition) is 1. The lowest BCUT2D eigenvalue weighted by atomic mass is 10.1. The Balaban J connectivity index is 1.44. The van der Waals surface area contributed by atoms with Gasteiger partial charge in [-0.15, -0.1) is 0 Å². The number of rotatable bonds is 10. The molecule has 0 bridgehead atoms. The minimum absolute atomic E-state index is 0.106. The molecular weight excluding hydrogens is 496 g/mol. The molecule has 0 aliphatic heterocycles. The van der Waals surface area contributed by atoms with E-state index in [1.54, 1.807) is 18.0 Å². The summed E-state index contributed by atoms with van der Waals surface area (Å²) >= 11 is 3.40. The number of nitrogens with one attached hydrogen (secondary N) is 1. The smallest absolute Gasteiger partial charge is 0.251 e. The molecule has 4 aromatic rings. The van der Waals surface area contributed by atoms with Crippen LogP contribution in [0.2, 0.25) is 0 Å². The van der Waals surface area contributed by atoms with Crippen LogP contribution in [-0.2, 0) is 13.0 Å². The molecular formula is C25H27BrN6O2. The van der Waals surface area contributed by atoms with Gasteiger partial charge in [0, 0.05) is 36.8 Å². The van der Waals surface area contributed by atoms with Crippen LogP contribution in [-0.4, -0.2) is 44.1 Å². The van der Waals surface area contributed by atoms with Crippen LogP contribution in [0.15, 0.2) is 65.4 Å². The highest BCUT2D eigenvalue weighted by molar-refractivity contribution is 9.10. The van der Waals surface area contributed by atoms with Crippen molar-refractivity contribution in [3.05, 3.63) is 76.8 Å². The van der Waals surface area contributed by atoms with Gasteiger partial charge in [-0.3, -0.25) is 9.48 Å². The maximum atomic E-state index is 12.8. The number of benzene rings is 2. The second-order valence-electron chi connectivity index (χ2n) is 7.78. The van der Waals surface area contributed by atoms with Gasteiger partial charge in [-0.2, -0.15) is 10.2 Å². The lowest BCUT2D eigenvalue weighted by Crippen LogP contribution is -2.24. The van der Waals surface area contributed by atoms with E-state index in [1.165, 1.54) is 0 Å². The van der Waals surface area contributed by atoms with Crippen LogP contribution in [0.3, 0.4) is 0 Å². The molecule has 1 N–H and O–H groups in total. The Morgan fingerprint density at radius 2 is 1.97 bits per heavy atom. The standard InChI is InChI=1S/C25H27BrN6O2/c1-3-23-29-24(18-9-11-22(34-2)12-10-18)32(30-23)21-8-6-7-19(15-21)25(33)27-13-4-5-14-31-17-20(26)16-28-31/h6-12,15-17H,3-5,13-14H2,1-2H3,(H,27,33). The molecule has 176 valence electrons. The molecule has 34 heavy (non-hydrogen) atoms. The molecule has 0 aliphatic carbocycles. The van der Waals surface area contributed by atoms with E-state index in [1.807, 2.05) is 66.3 Å². The number of carbonyl (C=O) groups excluding carboxylic acids is 1. The van der Waals surface area contributed by atoms with E-state index in [0.717, 1.165) is 52.5 Å². The van der Waals surface area contributed by atoms with Gasteiger partial charge in [-0.05, 0) is 71.2 Å². The van der Waals surface area contributed by atoms with E-state index in [-0.39, 0.29) is 5.91 Å². The van der Waals surface area contributed by atoms with Gasteiger partial charge in [-0.1, -0.05) is 13.0 Å². The summed E-state index contributed by atoms with van der Waals surface area (Å²) in [4.78, 5) is 17.5. The normalized spacial score (nSPS) is 10.9. The van der Waals surface area contributed by atoms with Crippen molar-refractivity contribution in [2.45, 2.75) is 32.7 Å². The van der Waals surface area contributed by atoms with Crippen LogP contribution in [0.25, 0.3) is 17.1 Å². The van der Waals surface area contributed by atoms with Crippen molar-refractivity contribution in [3.63, 3.8) is 0 Å². The maximum Gasteiger partial charge on any atom is 0.251 e. The summed E-state index contributed by atoms with van der Waals surface area (Å²) in [6.07, 6.45) is 6.23. The van der Waals surface area contributed by atoms with E-state index >= 15 is 0 Å². The SMILES string of the molecule is CCc1nc(-c2ccc(OC)cc2)n(-c2cccc(C(=O)NCCCCn3cc(Br)cn3)c2)n1. The molecule has 1 amide bonds. The first-order valence-electron chi connectivity index (χ1n) is 11.2. The Kier molecular flexibility index (Phi) is 7.74. The predicted octanol–water partition coefficient (Wildman–Crippen LogP) is 4.67. The highest BCUT2D eigenvalue weighted by Crippen LogP contribution is 2.24. The Bertz CT molecular complexity index is 1250. The van der Waals surface area contributed by atoms with Gasteiger partial charge in [0.1, 0.15) is 5.75 Å². The number of methoxy groups -OCH3 is 1. The van der Waals surface area contributed by atoms with Crippen molar-refractivity contribution in [2.75, 3.05) is 13.7 Å². The fourth-order valence-corrected chi connectivity index (χ4v) is 3.88. The second-order valence-corrected chi connectivity index (χ2v) is 8.70. The number of nitrogens with zero attached hydrogens (tertiary/aromatic N) is 5. The maximum absolute atomic E-state index is 12.8. The number of amides is 1. The van der Waals surface area contributed by atoms with E-state index < -0.39 is 0 Å². The van der Waals surface area contributed by atoms with Crippen molar-refractivity contribution in [1.82, 2.24) is 29.9 Å². The van der Waals surface area contributed by atoms with Crippen molar-refractivity contribution in [2.24, 2.45) is 0 Å². The van der Waals surface area contributed by atoms with Crippen molar-refractivity contribution in [1.29, 1.82) is 0 Å². The molecule has 0 atom stereocenters. The van der Waals surface area contributed by atoms with Crippen LogP contribution < -0.4 is 10.1 Å². The molecule has 2 heterocycles. The van der Waals surface area contributed by atoms with Gasteiger partial charge in [0.25, 0.3) is 5.91 Å². The van der Waals surface area contributed by atoms with Crippen LogP contribution >= 0.6 is 15.9 Å². The quantitative estimate of drug-likeness (QED) is 0.305. The first-order valence-corrected chi connectivity index (χ1v) is 12.0. The van der Waals surface area contributed by atoms with Crippen molar-refractivity contribution in [3.8, 4) is 22.8 Å². The summed E-state index contributed by atoms with van der Waals surface area (Å²) in [5.74, 6) is 2.14. The average Bonchev–Trinajstić information content (AvgIpc) is 3.50. The Morgan fingerprint density at radius 3 is 2.68 bits per heavy atom. The molecule has 2 aromatic carbocycles. The zero-order chi connectivity index (χ0) is 23.9. The highest BCUT2D eigenvalue weighted by Gasteiger charge is 2.15. The fraction of sp³-hybridized carbons (Fsp3) is 0.280. The largest absolute Gasteiger partial charge is 0.497 e. The number of carbonyl (C=O) groups is 1. The molecule has 0 spiro atoms. The minimum atomic E-state index is -0.106. The van der Waals surface area contributed by atoms with Crippen LogP contribution in [0.1, 0.15) is 35.9 Å². The fourth-order valence-electron chi connectivity index (χ4n) is 3.55. The lowest BCUT2D eigenvalue weighted by Gasteiger charge is -2.09. The van der Waals surface area contributed by atoms with E-state index in [2.05, 4.69) is 31.4 Å². The molecule has 0 aliphatic rings. The zero-order valence-electron chi connectivity index (χ0n) is 19.2. The number of aryl methyl sites for hydroxylation is 2. The summed E-state index contributed by atoms with van der Waals surface area (Å²) < 4.78 is 9.91. The van der Waals surface area contributed by atoms with Crippen LogP contribution in [0, 0.1) is 0 Å². The lowest BCUT2D eigenvalue weighted by molar-refractivity contribution is 0.0953. The van der Waals surface area contributed by atoms with E-state index in [9.17, 15) is 4.79 Å². The Morgan fingerprint density at radius 1 is 1.15 bits per heavy atom. The Labute approximate surface area is 207 Å². The first-order chi connectivity index (χ1) is 16.6. The molecule has 9 heteroatoms. The summed E-state index contributed by atoms with van der Waals surface area (Å²) in [5.41, 5.74) is 2.30. The molecule has 0 fully saturated rings. The number of halogens is 1. The molecule has 0 saturated carbocycles. The highest BCUT2D eigenvalue weighted by atomic mass is 79.9. The topological polar surface area (TPSA) is 86.9 Å². The zero-order valence-corrected chi connectivity index (χ0v) is 20.8. The van der Waals surface area contributed by atoms with Gasteiger partial charge in [0.05, 0.1) is 23.5 Å². The molecule has 0 radical (unpaired) electrons. The second kappa shape index (κ2) is 11.1. The summed E-state index contributed by atoms with van der Waals surface area (Å²) in [5, 5.41) is 11.9. The van der Waals surface area contributed by atoms with Crippen molar-refractivity contribution < 1.29 is 9.53 Å². The third-order valence-corrected chi connectivity index (χ3v) is 5.78. The van der Waals surface area contributed by atoms with Gasteiger partial charge < -0.3 is 10.1 Å².